The van der Waals surface area contributed by atoms with E-state index in [-0.39, 0.29) is 11.7 Å². The van der Waals surface area contributed by atoms with E-state index >= 15 is 0 Å². The van der Waals surface area contributed by atoms with E-state index in [9.17, 15) is 9.18 Å². The summed E-state index contributed by atoms with van der Waals surface area (Å²) < 4.78 is 13.1. The van der Waals surface area contributed by atoms with Crippen LogP contribution in [0.15, 0.2) is 18.2 Å². The molecule has 0 aromatic heterocycles. The van der Waals surface area contributed by atoms with Gasteiger partial charge in [-0.3, -0.25) is 4.79 Å². The molecular weight excluding hydrogens is 195 g/mol. The van der Waals surface area contributed by atoms with Crippen LogP contribution in [0.1, 0.15) is 12.0 Å². The molecule has 1 aromatic carbocycles. The summed E-state index contributed by atoms with van der Waals surface area (Å²) in [6, 6.07) is 4.93. The Balaban J connectivity index is 2.44. The molecule has 0 saturated carbocycles. The molecule has 0 aliphatic rings. The summed E-state index contributed by atoms with van der Waals surface area (Å²) in [5.74, 6) is -0.268. The molecule has 1 aromatic rings. The number of amides is 1. The van der Waals surface area contributed by atoms with Crippen LogP contribution in [0.25, 0.3) is 0 Å². The van der Waals surface area contributed by atoms with E-state index in [2.05, 4.69) is 10.6 Å². The minimum absolute atomic E-state index is 0.0323. The van der Waals surface area contributed by atoms with E-state index in [1.807, 2.05) is 0 Å². The number of carbonyl (C=O) groups excluding carboxylic acids is 1. The molecule has 0 radical (unpaired) electrons. The van der Waals surface area contributed by atoms with Gasteiger partial charge in [0.05, 0.1) is 0 Å². The fraction of sp³-hybridized carbons (Fsp3) is 0.364. The lowest BCUT2D eigenvalue weighted by atomic mass is 10.2. The molecular formula is C11H15FN2O. The van der Waals surface area contributed by atoms with Gasteiger partial charge in [-0.25, -0.2) is 4.39 Å². The van der Waals surface area contributed by atoms with E-state index in [1.165, 1.54) is 6.07 Å². The van der Waals surface area contributed by atoms with Gasteiger partial charge in [0.1, 0.15) is 5.82 Å². The van der Waals surface area contributed by atoms with Gasteiger partial charge in [-0.15, -0.1) is 0 Å². The van der Waals surface area contributed by atoms with Gasteiger partial charge in [0.25, 0.3) is 0 Å². The van der Waals surface area contributed by atoms with Crippen molar-refractivity contribution in [3.63, 3.8) is 0 Å². The molecule has 0 heterocycles. The highest BCUT2D eigenvalue weighted by molar-refractivity contribution is 5.76. The predicted molar refractivity (Wildman–Crippen MR) is 58.3 cm³/mol. The lowest BCUT2D eigenvalue weighted by Crippen LogP contribution is -2.20. The first kappa shape index (κ1) is 11.5. The number of hydrogen-bond donors (Lipinski definition) is 2. The topological polar surface area (TPSA) is 41.1 Å². The Hall–Kier alpha value is -1.58. The third-order valence-electron chi connectivity index (χ3n) is 2.13. The van der Waals surface area contributed by atoms with Gasteiger partial charge in [0.2, 0.25) is 5.91 Å². The predicted octanol–water partition coefficient (Wildman–Crippen LogP) is 1.68. The van der Waals surface area contributed by atoms with Crippen LogP contribution < -0.4 is 10.6 Å². The highest BCUT2D eigenvalue weighted by Gasteiger charge is 2.00. The molecule has 0 bridgehead atoms. The maximum absolute atomic E-state index is 13.1. The number of benzene rings is 1. The van der Waals surface area contributed by atoms with Gasteiger partial charge < -0.3 is 10.6 Å². The molecule has 0 saturated heterocycles. The average molecular weight is 210 g/mol. The Labute approximate surface area is 88.7 Å². The lowest BCUT2D eigenvalue weighted by Gasteiger charge is -2.06. The summed E-state index contributed by atoms with van der Waals surface area (Å²) in [6.07, 6.45) is 0.381. The lowest BCUT2D eigenvalue weighted by molar-refractivity contribution is -0.120. The molecule has 82 valence electrons. The standard InChI is InChI=1S/C11H15FN2O/c1-8-3-4-9(7-10(8)12)14-6-5-11(15)13-2/h3-4,7,14H,5-6H2,1-2H3,(H,13,15). The zero-order valence-corrected chi connectivity index (χ0v) is 8.93. The minimum atomic E-state index is -0.236. The van der Waals surface area contributed by atoms with Crippen LogP contribution in [0.5, 0.6) is 0 Å². The van der Waals surface area contributed by atoms with Crippen LogP contribution in [-0.4, -0.2) is 19.5 Å². The fourth-order valence-corrected chi connectivity index (χ4v) is 1.15. The molecule has 1 rings (SSSR count). The van der Waals surface area contributed by atoms with Crippen LogP contribution in [0.2, 0.25) is 0 Å². The number of aryl methyl sites for hydroxylation is 1. The average Bonchev–Trinajstić information content (AvgIpc) is 2.23. The summed E-state index contributed by atoms with van der Waals surface area (Å²) in [4.78, 5) is 10.9. The van der Waals surface area contributed by atoms with Crippen molar-refractivity contribution in [2.45, 2.75) is 13.3 Å². The SMILES string of the molecule is CNC(=O)CCNc1ccc(C)c(F)c1. The smallest absolute Gasteiger partial charge is 0.221 e. The first-order chi connectivity index (χ1) is 7.13. The minimum Gasteiger partial charge on any atom is -0.384 e. The number of halogens is 1. The van der Waals surface area contributed by atoms with E-state index in [4.69, 9.17) is 0 Å². The second-order valence-electron chi connectivity index (χ2n) is 3.31. The van der Waals surface area contributed by atoms with E-state index < -0.39 is 0 Å². The van der Waals surface area contributed by atoms with Crippen LogP contribution in [0.3, 0.4) is 0 Å². The van der Waals surface area contributed by atoms with Crippen molar-refractivity contribution < 1.29 is 9.18 Å². The molecule has 15 heavy (non-hydrogen) atoms. The molecule has 0 fully saturated rings. The number of nitrogens with one attached hydrogen (secondary N) is 2. The molecule has 2 N–H and O–H groups in total. The van der Waals surface area contributed by atoms with Crippen molar-refractivity contribution in [3.05, 3.63) is 29.6 Å². The van der Waals surface area contributed by atoms with E-state index in [1.54, 1.807) is 26.1 Å². The number of rotatable bonds is 4. The van der Waals surface area contributed by atoms with Crippen molar-refractivity contribution in [1.29, 1.82) is 0 Å². The summed E-state index contributed by atoms with van der Waals surface area (Å²) in [5.41, 5.74) is 1.31. The second kappa shape index (κ2) is 5.34. The second-order valence-corrected chi connectivity index (χ2v) is 3.31. The van der Waals surface area contributed by atoms with Crippen molar-refractivity contribution in [3.8, 4) is 0 Å². The maximum Gasteiger partial charge on any atom is 0.221 e. The Morgan fingerprint density at radius 1 is 1.47 bits per heavy atom. The van der Waals surface area contributed by atoms with Gasteiger partial charge in [0, 0.05) is 25.7 Å². The van der Waals surface area contributed by atoms with E-state index in [0.29, 0.717) is 24.2 Å². The summed E-state index contributed by atoms with van der Waals surface area (Å²) in [5, 5.41) is 5.50. The largest absolute Gasteiger partial charge is 0.384 e. The Morgan fingerprint density at radius 2 is 2.20 bits per heavy atom. The number of anilines is 1. The Morgan fingerprint density at radius 3 is 2.80 bits per heavy atom. The van der Waals surface area contributed by atoms with Crippen molar-refractivity contribution in [1.82, 2.24) is 5.32 Å². The summed E-state index contributed by atoms with van der Waals surface area (Å²) in [6.45, 7) is 2.21. The third-order valence-corrected chi connectivity index (χ3v) is 2.13. The third kappa shape index (κ3) is 3.58. The molecule has 3 nitrogen and oxygen atoms in total. The highest BCUT2D eigenvalue weighted by atomic mass is 19.1. The molecule has 0 atom stereocenters. The molecule has 0 unspecified atom stereocenters. The fourth-order valence-electron chi connectivity index (χ4n) is 1.15. The van der Waals surface area contributed by atoms with Crippen LogP contribution >= 0.6 is 0 Å². The Kier molecular flexibility index (Phi) is 4.09. The molecule has 0 spiro atoms. The van der Waals surface area contributed by atoms with Gasteiger partial charge >= 0.3 is 0 Å². The van der Waals surface area contributed by atoms with Crippen LogP contribution in [0.4, 0.5) is 10.1 Å². The molecule has 0 aliphatic carbocycles. The van der Waals surface area contributed by atoms with Crippen LogP contribution in [0, 0.1) is 12.7 Å². The molecule has 4 heteroatoms. The number of hydrogen-bond acceptors (Lipinski definition) is 2. The van der Waals surface area contributed by atoms with E-state index in [0.717, 1.165) is 0 Å². The first-order valence-corrected chi connectivity index (χ1v) is 4.84. The van der Waals surface area contributed by atoms with Gasteiger partial charge in [-0.1, -0.05) is 6.07 Å². The first-order valence-electron chi connectivity index (χ1n) is 4.84. The zero-order valence-electron chi connectivity index (χ0n) is 8.93. The van der Waals surface area contributed by atoms with Gasteiger partial charge in [-0.05, 0) is 24.6 Å². The highest BCUT2D eigenvalue weighted by Crippen LogP contribution is 2.13. The van der Waals surface area contributed by atoms with Crippen molar-refractivity contribution >= 4 is 11.6 Å². The Bertz CT molecular complexity index is 352. The van der Waals surface area contributed by atoms with Crippen molar-refractivity contribution in [2.24, 2.45) is 0 Å². The normalized spacial score (nSPS) is 9.80. The summed E-state index contributed by atoms with van der Waals surface area (Å²) in [7, 11) is 1.59. The van der Waals surface area contributed by atoms with Crippen molar-refractivity contribution in [2.75, 3.05) is 18.9 Å². The monoisotopic (exact) mass is 210 g/mol. The van der Waals surface area contributed by atoms with Gasteiger partial charge in [0.15, 0.2) is 0 Å². The molecule has 1 amide bonds. The quantitative estimate of drug-likeness (QED) is 0.794. The summed E-state index contributed by atoms with van der Waals surface area (Å²) >= 11 is 0. The van der Waals surface area contributed by atoms with Crippen LogP contribution in [-0.2, 0) is 4.79 Å². The zero-order chi connectivity index (χ0) is 11.3. The van der Waals surface area contributed by atoms with Gasteiger partial charge in [-0.2, -0.15) is 0 Å². The maximum atomic E-state index is 13.1. The molecule has 0 aliphatic heterocycles. The number of carbonyl (C=O) groups is 1.